The predicted octanol–water partition coefficient (Wildman–Crippen LogP) is 3.92. The second-order valence-electron chi connectivity index (χ2n) is 6.05. The average Bonchev–Trinajstić information content (AvgIpc) is 3.08. The topological polar surface area (TPSA) is 18.5 Å². The van der Waals surface area contributed by atoms with Crippen LogP contribution in [0.3, 0.4) is 0 Å². The van der Waals surface area contributed by atoms with Crippen LogP contribution >= 0.6 is 0 Å². The quantitative estimate of drug-likeness (QED) is 0.589. The van der Waals surface area contributed by atoms with E-state index in [0.717, 1.165) is 27.7 Å². The Labute approximate surface area is 161 Å². The predicted molar refractivity (Wildman–Crippen MR) is 95.4 cm³/mol. The third-order valence-electron chi connectivity index (χ3n) is 3.95. The van der Waals surface area contributed by atoms with Crippen molar-refractivity contribution in [1.29, 1.82) is 0 Å². The summed E-state index contributed by atoms with van der Waals surface area (Å²) in [6, 6.07) is 15.5. The monoisotopic (exact) mass is 478 g/mol. The van der Waals surface area contributed by atoms with Crippen molar-refractivity contribution in [2.24, 2.45) is 0 Å². The molecule has 0 aliphatic carbocycles. The van der Waals surface area contributed by atoms with Crippen LogP contribution in [0.15, 0.2) is 64.3 Å². The van der Waals surface area contributed by atoms with Crippen LogP contribution in [0.4, 0.5) is 13.2 Å². The van der Waals surface area contributed by atoms with E-state index >= 15 is 0 Å². The molecule has 1 atom stereocenters. The molecule has 1 aliphatic rings. The SMILES string of the molecule is FC(F)(F)c1ccc([Te]/C=C2\COC(COCc3ccccc3)C2)cc1. The zero-order valence-corrected chi connectivity index (χ0v) is 16.4. The summed E-state index contributed by atoms with van der Waals surface area (Å²) in [5, 5.41) is 0. The van der Waals surface area contributed by atoms with Crippen molar-refractivity contribution in [2.45, 2.75) is 25.3 Å². The Bertz CT molecular complexity index is 727. The van der Waals surface area contributed by atoms with Gasteiger partial charge in [-0.3, -0.25) is 0 Å². The number of benzene rings is 2. The van der Waals surface area contributed by atoms with Crippen molar-refractivity contribution < 1.29 is 22.6 Å². The molecule has 2 aromatic carbocycles. The van der Waals surface area contributed by atoms with E-state index in [2.05, 4.69) is 4.12 Å². The average molecular weight is 476 g/mol. The van der Waals surface area contributed by atoms with Crippen molar-refractivity contribution in [3.63, 3.8) is 0 Å². The van der Waals surface area contributed by atoms with Crippen LogP contribution in [-0.2, 0) is 22.3 Å². The molecule has 0 saturated carbocycles. The normalized spacial score (nSPS) is 19.2. The van der Waals surface area contributed by atoms with Gasteiger partial charge >= 0.3 is 161 Å². The van der Waals surface area contributed by atoms with Crippen LogP contribution in [0, 0.1) is 0 Å². The summed E-state index contributed by atoms with van der Waals surface area (Å²) in [7, 11) is 0. The molecule has 2 nitrogen and oxygen atoms in total. The summed E-state index contributed by atoms with van der Waals surface area (Å²) in [6.07, 6.45) is -3.38. The van der Waals surface area contributed by atoms with E-state index in [4.69, 9.17) is 9.47 Å². The molecule has 0 amide bonds. The van der Waals surface area contributed by atoms with E-state index in [9.17, 15) is 13.2 Å². The van der Waals surface area contributed by atoms with E-state index in [1.54, 1.807) is 12.1 Å². The molecule has 0 spiro atoms. The first-order valence-corrected chi connectivity index (χ1v) is 10.8. The van der Waals surface area contributed by atoms with Crippen LogP contribution in [0.25, 0.3) is 0 Å². The van der Waals surface area contributed by atoms with Gasteiger partial charge in [0.25, 0.3) is 0 Å². The Balaban J connectivity index is 1.43. The van der Waals surface area contributed by atoms with Gasteiger partial charge < -0.3 is 0 Å². The minimum absolute atomic E-state index is 0.0602. The molecule has 26 heavy (non-hydrogen) atoms. The van der Waals surface area contributed by atoms with Gasteiger partial charge in [0, 0.05) is 0 Å². The van der Waals surface area contributed by atoms with Crippen molar-refractivity contribution in [3.8, 4) is 0 Å². The molecule has 0 aromatic heterocycles. The minimum atomic E-state index is -4.27. The van der Waals surface area contributed by atoms with Gasteiger partial charge in [0.1, 0.15) is 0 Å². The summed E-state index contributed by atoms with van der Waals surface area (Å²) in [5.74, 6) is 0. The molecule has 0 N–H and O–H groups in total. The standard InChI is InChI=1S/C20H19F3O2Te/c21-20(22,23)17-6-8-19(9-7-17)26-14-16-10-18(25-12-16)13-24-11-15-4-2-1-3-5-15/h1-9,14,18H,10-13H2/b16-14-. The Kier molecular flexibility index (Phi) is 6.77. The first-order valence-electron chi connectivity index (χ1n) is 8.26. The Hall–Kier alpha value is -1.32. The van der Waals surface area contributed by atoms with E-state index in [1.807, 2.05) is 30.3 Å². The van der Waals surface area contributed by atoms with Crippen LogP contribution < -0.4 is 3.61 Å². The summed E-state index contributed by atoms with van der Waals surface area (Å²) in [6.45, 7) is 1.71. The fourth-order valence-electron chi connectivity index (χ4n) is 2.58. The number of hydrogen-bond acceptors (Lipinski definition) is 2. The van der Waals surface area contributed by atoms with Gasteiger partial charge in [-0.25, -0.2) is 0 Å². The molecule has 3 rings (SSSR count). The van der Waals surface area contributed by atoms with Crippen LogP contribution in [0.1, 0.15) is 17.5 Å². The molecular formula is C20H19F3O2Te. The second-order valence-corrected chi connectivity index (χ2v) is 8.74. The van der Waals surface area contributed by atoms with E-state index in [-0.39, 0.29) is 6.10 Å². The third-order valence-corrected chi connectivity index (χ3v) is 6.79. The number of alkyl halides is 3. The van der Waals surface area contributed by atoms with Gasteiger partial charge in [-0.1, -0.05) is 0 Å². The van der Waals surface area contributed by atoms with Gasteiger partial charge in [-0.05, 0) is 0 Å². The first-order chi connectivity index (χ1) is 12.5. The molecule has 138 valence electrons. The fraction of sp³-hybridized carbons (Fsp3) is 0.300. The van der Waals surface area contributed by atoms with Crippen LogP contribution in [0.2, 0.25) is 0 Å². The molecule has 6 heteroatoms. The molecular weight excluding hydrogens is 457 g/mol. The molecule has 1 fully saturated rings. The molecule has 1 heterocycles. The van der Waals surface area contributed by atoms with Gasteiger partial charge in [0.15, 0.2) is 0 Å². The van der Waals surface area contributed by atoms with Crippen molar-refractivity contribution in [3.05, 3.63) is 75.4 Å². The van der Waals surface area contributed by atoms with Crippen molar-refractivity contribution in [2.75, 3.05) is 13.2 Å². The van der Waals surface area contributed by atoms with Gasteiger partial charge in [0.05, 0.1) is 0 Å². The number of ether oxygens (including phenoxy) is 2. The van der Waals surface area contributed by atoms with Gasteiger partial charge in [0.2, 0.25) is 0 Å². The summed E-state index contributed by atoms with van der Waals surface area (Å²) in [4.78, 5) is 0. The van der Waals surface area contributed by atoms with E-state index in [1.165, 1.54) is 5.57 Å². The van der Waals surface area contributed by atoms with Crippen molar-refractivity contribution in [1.82, 2.24) is 0 Å². The van der Waals surface area contributed by atoms with E-state index < -0.39 is 32.7 Å². The summed E-state index contributed by atoms with van der Waals surface area (Å²) < 4.78 is 52.3. The molecule has 1 unspecified atom stereocenters. The van der Waals surface area contributed by atoms with E-state index in [0.29, 0.717) is 19.8 Å². The number of halogens is 3. The summed E-state index contributed by atoms with van der Waals surface area (Å²) in [5.41, 5.74) is 1.76. The second kappa shape index (κ2) is 9.05. The molecule has 2 aromatic rings. The van der Waals surface area contributed by atoms with Crippen LogP contribution in [0.5, 0.6) is 0 Å². The number of hydrogen-bond donors (Lipinski definition) is 0. The maximum absolute atomic E-state index is 12.6. The third kappa shape index (κ3) is 5.85. The molecule has 0 radical (unpaired) electrons. The van der Waals surface area contributed by atoms with Gasteiger partial charge in [-0.2, -0.15) is 0 Å². The van der Waals surface area contributed by atoms with Crippen molar-refractivity contribution >= 4 is 24.5 Å². The Morgan fingerprint density at radius 3 is 2.50 bits per heavy atom. The number of rotatable bonds is 6. The Morgan fingerprint density at radius 1 is 1.08 bits per heavy atom. The Morgan fingerprint density at radius 2 is 1.81 bits per heavy atom. The zero-order valence-electron chi connectivity index (χ0n) is 14.0. The zero-order chi connectivity index (χ0) is 18.4. The molecule has 1 saturated heterocycles. The van der Waals surface area contributed by atoms with Crippen LogP contribution in [-0.4, -0.2) is 40.2 Å². The fourth-order valence-corrected chi connectivity index (χ4v) is 4.75. The van der Waals surface area contributed by atoms with Gasteiger partial charge in [-0.15, -0.1) is 0 Å². The maximum atomic E-state index is 12.6. The molecule has 1 aliphatic heterocycles. The molecule has 0 bridgehead atoms. The summed E-state index contributed by atoms with van der Waals surface area (Å²) >= 11 is -0.649. The first kappa shape index (κ1) is 19.4.